The van der Waals surface area contributed by atoms with Crippen molar-refractivity contribution in [3.63, 3.8) is 0 Å². The molecule has 0 fully saturated rings. The first-order valence-electron chi connectivity index (χ1n) is 20.8. The lowest BCUT2D eigenvalue weighted by molar-refractivity contribution is 0.619. The molecule has 1 aliphatic rings. The molecule has 1 aliphatic carbocycles. The monoisotopic (exact) mass is 810 g/mol. The predicted octanol–water partition coefficient (Wildman–Crippen LogP) is 13.5. The molecular weight excluding hydrogens is 777 g/mol. The molecule has 63 heavy (non-hydrogen) atoms. The molecular formula is C55H34N6O2. The van der Waals surface area contributed by atoms with Gasteiger partial charge in [-0.25, -0.2) is 24.9 Å². The number of oxazole rings is 2. The summed E-state index contributed by atoms with van der Waals surface area (Å²) in [5.74, 6) is 2.73. The van der Waals surface area contributed by atoms with E-state index in [1.54, 1.807) is 0 Å². The Morgan fingerprint density at radius 1 is 0.429 bits per heavy atom. The maximum absolute atomic E-state index is 9.74. The summed E-state index contributed by atoms with van der Waals surface area (Å²) in [7, 11) is 0. The Bertz CT molecular complexity index is 3450. The Morgan fingerprint density at radius 3 is 1.40 bits per heavy atom. The van der Waals surface area contributed by atoms with E-state index in [-0.39, 0.29) is 5.41 Å². The van der Waals surface area contributed by atoms with Crippen LogP contribution in [0.5, 0.6) is 0 Å². The molecule has 0 atom stereocenters. The Labute approximate surface area is 361 Å². The average molecular weight is 811 g/mol. The molecule has 0 spiro atoms. The van der Waals surface area contributed by atoms with Crippen LogP contribution in [0.15, 0.2) is 179 Å². The van der Waals surface area contributed by atoms with Crippen LogP contribution in [0.2, 0.25) is 0 Å². The molecule has 0 saturated heterocycles. The van der Waals surface area contributed by atoms with Crippen molar-refractivity contribution in [2.24, 2.45) is 0 Å². The van der Waals surface area contributed by atoms with Gasteiger partial charge in [0.2, 0.25) is 11.8 Å². The molecule has 0 N–H and O–H groups in total. The van der Waals surface area contributed by atoms with E-state index in [9.17, 15) is 5.26 Å². The molecule has 8 heteroatoms. The van der Waals surface area contributed by atoms with Crippen LogP contribution in [-0.2, 0) is 5.41 Å². The van der Waals surface area contributed by atoms with E-state index in [2.05, 4.69) is 96.6 Å². The second-order valence-corrected chi connectivity index (χ2v) is 16.4. The maximum atomic E-state index is 9.74. The lowest BCUT2D eigenvalue weighted by Gasteiger charge is -2.23. The fourth-order valence-electron chi connectivity index (χ4n) is 8.97. The minimum Gasteiger partial charge on any atom is -0.436 e. The first-order valence-corrected chi connectivity index (χ1v) is 20.8. The van der Waals surface area contributed by atoms with E-state index in [1.165, 1.54) is 33.0 Å². The molecule has 0 aliphatic heterocycles. The molecule has 0 bridgehead atoms. The summed E-state index contributed by atoms with van der Waals surface area (Å²) in [5.41, 5.74) is 14.8. The number of nitrogens with zero attached hydrogens (tertiary/aromatic N) is 6. The van der Waals surface area contributed by atoms with Gasteiger partial charge in [-0.2, -0.15) is 5.26 Å². The van der Waals surface area contributed by atoms with Gasteiger partial charge < -0.3 is 8.83 Å². The van der Waals surface area contributed by atoms with E-state index >= 15 is 0 Å². The summed E-state index contributed by atoms with van der Waals surface area (Å²) >= 11 is 0. The standard InChI is InChI=1S/C55H34N6O2/c1-55(2)43-29-32(31-56)15-28-41(43)49-40-10-4-3-9-39(40)42(30-44(49)55)33-16-18-34(19-17-33)50-59-51(35-20-24-37(25-21-35)53-57-45-11-5-7-13-47(45)62-53)61-52(60-50)36-22-26-38(27-23-36)54-58-46-12-6-8-14-48(46)63-54/h3-30H,1-2H3. The van der Waals surface area contributed by atoms with Crippen LogP contribution in [0.4, 0.5) is 0 Å². The lowest BCUT2D eigenvalue weighted by Crippen LogP contribution is -2.15. The maximum Gasteiger partial charge on any atom is 0.227 e. The third kappa shape index (κ3) is 6.01. The largest absolute Gasteiger partial charge is 0.436 e. The minimum absolute atomic E-state index is 0.282. The van der Waals surface area contributed by atoms with Crippen molar-refractivity contribution in [1.29, 1.82) is 5.26 Å². The van der Waals surface area contributed by atoms with Gasteiger partial charge in [0.05, 0.1) is 11.6 Å². The number of rotatable bonds is 6. The highest BCUT2D eigenvalue weighted by atomic mass is 16.4. The highest BCUT2D eigenvalue weighted by Crippen LogP contribution is 2.53. The fraction of sp³-hybridized carbons (Fsp3) is 0.0545. The zero-order chi connectivity index (χ0) is 42.2. The van der Waals surface area contributed by atoms with Crippen molar-refractivity contribution in [3.8, 4) is 85.4 Å². The smallest absolute Gasteiger partial charge is 0.227 e. The molecule has 3 aromatic heterocycles. The van der Waals surface area contributed by atoms with Crippen LogP contribution in [-0.4, -0.2) is 24.9 Å². The first kappa shape index (κ1) is 36.3. The van der Waals surface area contributed by atoms with Gasteiger partial charge in [0.25, 0.3) is 0 Å². The summed E-state index contributed by atoms with van der Waals surface area (Å²) in [6.45, 7) is 4.51. The number of fused-ring (bicyclic) bond motifs is 7. The zero-order valence-corrected chi connectivity index (χ0v) is 34.2. The Hall–Kier alpha value is -8.54. The van der Waals surface area contributed by atoms with Gasteiger partial charge in [-0.1, -0.05) is 117 Å². The van der Waals surface area contributed by atoms with Gasteiger partial charge in [-0.3, -0.25) is 0 Å². The van der Waals surface area contributed by atoms with E-state index in [4.69, 9.17) is 23.8 Å². The second-order valence-electron chi connectivity index (χ2n) is 16.4. The molecule has 0 unspecified atom stereocenters. The number of benzene rings is 8. The average Bonchev–Trinajstić information content (AvgIpc) is 4.04. The van der Waals surface area contributed by atoms with E-state index in [1.807, 2.05) is 103 Å². The Balaban J connectivity index is 0.941. The van der Waals surface area contributed by atoms with Crippen LogP contribution in [0.3, 0.4) is 0 Å². The molecule has 3 heterocycles. The van der Waals surface area contributed by atoms with E-state index < -0.39 is 0 Å². The van der Waals surface area contributed by atoms with E-state index in [0.717, 1.165) is 61.1 Å². The van der Waals surface area contributed by atoms with Crippen molar-refractivity contribution in [1.82, 2.24) is 24.9 Å². The Kier molecular flexibility index (Phi) is 8.08. The van der Waals surface area contributed by atoms with Gasteiger partial charge in [0.1, 0.15) is 11.0 Å². The molecule has 8 aromatic carbocycles. The number of hydrogen-bond donors (Lipinski definition) is 0. The Morgan fingerprint density at radius 2 is 0.889 bits per heavy atom. The zero-order valence-electron chi connectivity index (χ0n) is 34.2. The van der Waals surface area contributed by atoms with Crippen molar-refractivity contribution in [3.05, 3.63) is 187 Å². The minimum atomic E-state index is -0.282. The van der Waals surface area contributed by atoms with Gasteiger partial charge in [0, 0.05) is 33.2 Å². The van der Waals surface area contributed by atoms with Crippen molar-refractivity contribution >= 4 is 33.0 Å². The number of aromatic nitrogens is 5. The SMILES string of the molecule is CC1(C)c2cc(C#N)ccc2-c2c1cc(-c1ccc(-c3nc(-c4ccc(-c5nc6ccccc6o5)cc4)nc(-c4ccc(-c5nc6ccccc6o5)cc4)n3)cc1)c1ccccc21. The van der Waals surface area contributed by atoms with Crippen LogP contribution >= 0.6 is 0 Å². The number of nitriles is 1. The molecule has 8 nitrogen and oxygen atoms in total. The molecule has 12 rings (SSSR count). The normalized spacial score (nSPS) is 12.7. The van der Waals surface area contributed by atoms with Crippen molar-refractivity contribution < 1.29 is 8.83 Å². The fourth-order valence-corrected chi connectivity index (χ4v) is 8.97. The highest BCUT2D eigenvalue weighted by Gasteiger charge is 2.37. The van der Waals surface area contributed by atoms with Crippen LogP contribution in [0.25, 0.3) is 112 Å². The van der Waals surface area contributed by atoms with Crippen LogP contribution in [0, 0.1) is 11.3 Å². The van der Waals surface area contributed by atoms with Crippen LogP contribution < -0.4 is 0 Å². The van der Waals surface area contributed by atoms with Gasteiger partial charge >= 0.3 is 0 Å². The number of para-hydroxylation sites is 4. The van der Waals surface area contributed by atoms with Crippen LogP contribution in [0.1, 0.15) is 30.5 Å². The molecule has 11 aromatic rings. The van der Waals surface area contributed by atoms with Gasteiger partial charge in [-0.05, 0) is 111 Å². The molecule has 0 radical (unpaired) electrons. The molecule has 296 valence electrons. The first-order chi connectivity index (χ1) is 30.9. The third-order valence-corrected chi connectivity index (χ3v) is 12.3. The summed E-state index contributed by atoms with van der Waals surface area (Å²) in [4.78, 5) is 24.6. The van der Waals surface area contributed by atoms with Gasteiger partial charge in [0.15, 0.2) is 28.6 Å². The van der Waals surface area contributed by atoms with Crippen molar-refractivity contribution in [2.75, 3.05) is 0 Å². The summed E-state index contributed by atoms with van der Waals surface area (Å²) in [6.07, 6.45) is 0. The quantitative estimate of drug-likeness (QED) is 0.163. The summed E-state index contributed by atoms with van der Waals surface area (Å²) in [5, 5.41) is 12.1. The summed E-state index contributed by atoms with van der Waals surface area (Å²) < 4.78 is 12.1. The predicted molar refractivity (Wildman–Crippen MR) is 247 cm³/mol. The second kappa shape index (κ2) is 14.0. The lowest BCUT2D eigenvalue weighted by atomic mass is 9.80. The molecule has 0 saturated carbocycles. The number of hydrogen-bond acceptors (Lipinski definition) is 8. The highest BCUT2D eigenvalue weighted by molar-refractivity contribution is 6.09. The van der Waals surface area contributed by atoms with E-state index in [0.29, 0.717) is 34.8 Å². The topological polar surface area (TPSA) is 115 Å². The van der Waals surface area contributed by atoms with Crippen molar-refractivity contribution in [2.45, 2.75) is 19.3 Å². The van der Waals surface area contributed by atoms with Gasteiger partial charge in [-0.15, -0.1) is 0 Å². The summed E-state index contributed by atoms with van der Waals surface area (Å²) in [6, 6.07) is 59.3. The third-order valence-electron chi connectivity index (χ3n) is 12.3. The molecule has 0 amide bonds.